The molecule has 1 aromatic heterocycles. The van der Waals surface area contributed by atoms with Crippen LogP contribution in [0.2, 0.25) is 0 Å². The van der Waals surface area contributed by atoms with Gasteiger partial charge in [-0.15, -0.1) is 0 Å². The van der Waals surface area contributed by atoms with Gasteiger partial charge >= 0.3 is 0 Å². The summed E-state index contributed by atoms with van der Waals surface area (Å²) in [5.41, 5.74) is 3.24. The zero-order valence-electron chi connectivity index (χ0n) is 14.2. The smallest absolute Gasteiger partial charge is 0.257 e. The molecule has 2 N–H and O–H groups in total. The summed E-state index contributed by atoms with van der Waals surface area (Å²) in [7, 11) is 0. The number of nitrogens with one attached hydrogen (secondary N) is 2. The molecule has 0 saturated carbocycles. The molecule has 2 aromatic carbocycles. The van der Waals surface area contributed by atoms with Crippen molar-refractivity contribution in [2.45, 2.75) is 0 Å². The number of benzene rings is 2. The van der Waals surface area contributed by atoms with Gasteiger partial charge in [-0.05, 0) is 36.4 Å². The number of rotatable bonds is 4. The Hall–Kier alpha value is -3.19. The molecule has 0 spiro atoms. The number of hydrogen-bond acceptors (Lipinski definition) is 5. The Labute approximate surface area is 151 Å². The molecule has 1 amide bonds. The molecule has 7 heteroatoms. The second kappa shape index (κ2) is 7.37. The van der Waals surface area contributed by atoms with E-state index < -0.39 is 0 Å². The van der Waals surface area contributed by atoms with E-state index in [1.165, 1.54) is 6.33 Å². The summed E-state index contributed by atoms with van der Waals surface area (Å²) < 4.78 is 5.40. The van der Waals surface area contributed by atoms with E-state index in [1.54, 1.807) is 0 Å². The van der Waals surface area contributed by atoms with Crippen LogP contribution in [-0.4, -0.2) is 47.4 Å². The van der Waals surface area contributed by atoms with E-state index in [4.69, 9.17) is 4.74 Å². The van der Waals surface area contributed by atoms with E-state index in [2.05, 4.69) is 25.4 Å². The molecule has 26 heavy (non-hydrogen) atoms. The largest absolute Gasteiger partial charge is 0.378 e. The maximum absolute atomic E-state index is 12.8. The quantitative estimate of drug-likeness (QED) is 0.756. The van der Waals surface area contributed by atoms with E-state index in [0.29, 0.717) is 24.6 Å². The van der Waals surface area contributed by atoms with Crippen molar-refractivity contribution >= 4 is 17.3 Å². The second-order valence-electron chi connectivity index (χ2n) is 5.98. The Morgan fingerprint density at radius 3 is 2.58 bits per heavy atom. The van der Waals surface area contributed by atoms with Gasteiger partial charge in [-0.25, -0.2) is 4.98 Å². The molecule has 2 heterocycles. The topological polar surface area (TPSA) is 83.1 Å². The Bertz CT molecular complexity index is 871. The monoisotopic (exact) mass is 349 g/mol. The molecule has 1 saturated heterocycles. The minimum absolute atomic E-state index is 0.125. The first kappa shape index (κ1) is 16.3. The lowest BCUT2D eigenvalue weighted by molar-refractivity contribution is 0.102. The van der Waals surface area contributed by atoms with Crippen molar-refractivity contribution in [3.05, 3.63) is 60.4 Å². The molecular formula is C19H19N5O2. The Morgan fingerprint density at radius 2 is 1.85 bits per heavy atom. The highest BCUT2D eigenvalue weighted by molar-refractivity contribution is 6.08. The fourth-order valence-electron chi connectivity index (χ4n) is 3.00. The molecule has 0 aliphatic carbocycles. The molecular weight excluding hydrogens is 330 g/mol. The van der Waals surface area contributed by atoms with Crippen LogP contribution in [0.25, 0.3) is 11.4 Å². The number of aromatic nitrogens is 3. The number of morpholine rings is 1. The number of carbonyl (C=O) groups excluding carboxylic acids is 1. The lowest BCUT2D eigenvalue weighted by atomic mass is 10.1. The molecule has 0 radical (unpaired) electrons. The predicted molar refractivity (Wildman–Crippen MR) is 99.2 cm³/mol. The number of ether oxygens (including phenoxy) is 1. The van der Waals surface area contributed by atoms with Crippen molar-refractivity contribution in [3.63, 3.8) is 0 Å². The average Bonchev–Trinajstić information content (AvgIpc) is 3.24. The zero-order chi connectivity index (χ0) is 17.8. The van der Waals surface area contributed by atoms with Gasteiger partial charge in [-0.3, -0.25) is 9.89 Å². The fourth-order valence-corrected chi connectivity index (χ4v) is 3.00. The molecule has 132 valence electrons. The third kappa shape index (κ3) is 3.43. The highest BCUT2D eigenvalue weighted by atomic mass is 16.5. The van der Waals surface area contributed by atoms with Crippen LogP contribution in [0.4, 0.5) is 11.4 Å². The van der Waals surface area contributed by atoms with Gasteiger partial charge in [0.05, 0.1) is 18.8 Å². The van der Waals surface area contributed by atoms with Crippen LogP contribution in [-0.2, 0) is 4.74 Å². The van der Waals surface area contributed by atoms with Crippen LogP contribution >= 0.6 is 0 Å². The lowest BCUT2D eigenvalue weighted by Crippen LogP contribution is -2.37. The van der Waals surface area contributed by atoms with Gasteiger partial charge in [0.15, 0.2) is 5.82 Å². The minimum Gasteiger partial charge on any atom is -0.378 e. The van der Waals surface area contributed by atoms with Crippen LogP contribution in [0.5, 0.6) is 0 Å². The van der Waals surface area contributed by atoms with Gasteiger partial charge in [0.1, 0.15) is 6.33 Å². The number of para-hydroxylation sites is 1. The molecule has 4 rings (SSSR count). The molecule has 1 aliphatic rings. The summed E-state index contributed by atoms with van der Waals surface area (Å²) >= 11 is 0. The van der Waals surface area contributed by atoms with E-state index in [0.717, 1.165) is 30.0 Å². The van der Waals surface area contributed by atoms with E-state index >= 15 is 0 Å². The van der Waals surface area contributed by atoms with Gasteiger partial charge < -0.3 is 15.0 Å². The summed E-state index contributed by atoms with van der Waals surface area (Å²) in [6.45, 7) is 2.93. The van der Waals surface area contributed by atoms with Gasteiger partial charge in [-0.1, -0.05) is 12.1 Å². The lowest BCUT2D eigenvalue weighted by Gasteiger charge is -2.30. The van der Waals surface area contributed by atoms with E-state index in [-0.39, 0.29) is 5.91 Å². The first-order valence-corrected chi connectivity index (χ1v) is 8.50. The number of carbonyl (C=O) groups is 1. The first-order chi connectivity index (χ1) is 12.8. The summed E-state index contributed by atoms with van der Waals surface area (Å²) in [6.07, 6.45) is 1.47. The molecule has 1 fully saturated rings. The molecule has 3 aromatic rings. The van der Waals surface area contributed by atoms with Gasteiger partial charge in [-0.2, -0.15) is 5.10 Å². The van der Waals surface area contributed by atoms with Gasteiger partial charge in [0, 0.05) is 30.0 Å². The Balaban J connectivity index is 1.51. The maximum atomic E-state index is 12.8. The highest BCUT2D eigenvalue weighted by Crippen LogP contribution is 2.23. The number of hydrogen-bond donors (Lipinski definition) is 2. The zero-order valence-corrected chi connectivity index (χ0v) is 14.2. The van der Waals surface area contributed by atoms with Crippen LogP contribution in [0.3, 0.4) is 0 Å². The second-order valence-corrected chi connectivity index (χ2v) is 5.98. The molecule has 7 nitrogen and oxygen atoms in total. The van der Waals surface area contributed by atoms with Crippen molar-refractivity contribution < 1.29 is 9.53 Å². The molecule has 0 unspecified atom stereocenters. The van der Waals surface area contributed by atoms with Crippen LogP contribution in [0.1, 0.15) is 10.4 Å². The maximum Gasteiger partial charge on any atom is 0.257 e. The van der Waals surface area contributed by atoms with Crippen LogP contribution < -0.4 is 10.2 Å². The first-order valence-electron chi connectivity index (χ1n) is 8.50. The van der Waals surface area contributed by atoms with Crippen molar-refractivity contribution in [2.75, 3.05) is 36.5 Å². The fraction of sp³-hybridized carbons (Fsp3) is 0.211. The third-order valence-corrected chi connectivity index (χ3v) is 4.33. The summed E-state index contributed by atoms with van der Waals surface area (Å²) in [6, 6.07) is 15.2. The number of amides is 1. The molecule has 0 bridgehead atoms. The van der Waals surface area contributed by atoms with Crippen molar-refractivity contribution in [1.82, 2.24) is 15.2 Å². The summed E-state index contributed by atoms with van der Waals surface area (Å²) in [4.78, 5) is 19.1. The molecule has 1 aliphatic heterocycles. The minimum atomic E-state index is -0.125. The summed E-state index contributed by atoms with van der Waals surface area (Å²) in [5, 5.41) is 9.63. The Morgan fingerprint density at radius 1 is 1.08 bits per heavy atom. The Kier molecular flexibility index (Phi) is 4.61. The number of aromatic amines is 1. The van der Waals surface area contributed by atoms with Crippen molar-refractivity contribution in [3.8, 4) is 11.4 Å². The molecule has 0 atom stereocenters. The van der Waals surface area contributed by atoms with Crippen LogP contribution in [0.15, 0.2) is 54.9 Å². The highest BCUT2D eigenvalue weighted by Gasteiger charge is 2.18. The van der Waals surface area contributed by atoms with E-state index in [1.807, 2.05) is 48.5 Å². The standard InChI is InChI=1S/C19H19N5O2/c25-19(16-3-1-2-4-17(16)24-9-11-26-12-10-24)22-15-7-5-14(6-8-15)18-20-13-21-23-18/h1-8,13H,9-12H2,(H,22,25)(H,20,21,23). The van der Waals surface area contributed by atoms with Gasteiger partial charge in [0.25, 0.3) is 5.91 Å². The SMILES string of the molecule is O=C(Nc1ccc(-c2ncn[nH]2)cc1)c1ccccc1N1CCOCC1. The van der Waals surface area contributed by atoms with Crippen LogP contribution in [0, 0.1) is 0 Å². The van der Waals surface area contributed by atoms with Crippen molar-refractivity contribution in [1.29, 1.82) is 0 Å². The number of anilines is 2. The predicted octanol–water partition coefficient (Wildman–Crippen LogP) is 2.56. The normalized spacial score (nSPS) is 14.2. The number of nitrogens with zero attached hydrogens (tertiary/aromatic N) is 3. The van der Waals surface area contributed by atoms with Gasteiger partial charge in [0.2, 0.25) is 0 Å². The van der Waals surface area contributed by atoms with Crippen molar-refractivity contribution in [2.24, 2.45) is 0 Å². The summed E-state index contributed by atoms with van der Waals surface area (Å²) in [5.74, 6) is 0.569. The van der Waals surface area contributed by atoms with E-state index in [9.17, 15) is 4.79 Å². The third-order valence-electron chi connectivity index (χ3n) is 4.33. The average molecular weight is 349 g/mol. The number of H-pyrrole nitrogens is 1.